The second kappa shape index (κ2) is 2.18. The van der Waals surface area contributed by atoms with Gasteiger partial charge in [0.1, 0.15) is 0 Å². The number of hydrogen-bond donors (Lipinski definition) is 1. The monoisotopic (exact) mass is 159 g/mol. The highest BCUT2D eigenvalue weighted by molar-refractivity contribution is 7.90. The molecule has 0 spiro atoms. The van der Waals surface area contributed by atoms with Crippen molar-refractivity contribution in [1.82, 2.24) is 0 Å². The van der Waals surface area contributed by atoms with E-state index in [1.54, 1.807) is 0 Å². The fourth-order valence-corrected chi connectivity index (χ4v) is 0.604. The minimum Gasteiger partial charge on any atom is -0.223 e. The first-order valence-electron chi connectivity index (χ1n) is 2.21. The summed E-state index contributed by atoms with van der Waals surface area (Å²) in [7, 11) is -4.69. The van der Waals surface area contributed by atoms with E-state index in [1.807, 2.05) is 0 Å². The third kappa shape index (κ3) is 1.87. The Bertz CT molecular complexity index is 186. The lowest BCUT2D eigenvalue weighted by Crippen LogP contribution is -2.34. The third-order valence-corrected chi connectivity index (χ3v) is 1.95. The predicted molar refractivity (Wildman–Crippen MR) is 28.3 cm³/mol. The lowest BCUT2D eigenvalue weighted by atomic mass is 10.5. The van der Waals surface area contributed by atoms with Crippen LogP contribution in [0.1, 0.15) is 13.3 Å². The summed E-state index contributed by atoms with van der Waals surface area (Å²) in [4.78, 5) is 0. The van der Waals surface area contributed by atoms with Crippen LogP contribution in [-0.2, 0) is 10.0 Å². The molecule has 0 fully saturated rings. The molecule has 3 nitrogen and oxygen atoms in total. The predicted octanol–water partition coefficient (Wildman–Crippen LogP) is 0.278. The Labute approximate surface area is 51.9 Å². The second-order valence-corrected chi connectivity index (χ2v) is 3.22. The van der Waals surface area contributed by atoms with Gasteiger partial charge in [0.05, 0.1) is 0 Å². The lowest BCUT2D eigenvalue weighted by Gasteiger charge is -2.09. The molecule has 0 aromatic heterocycles. The summed E-state index contributed by atoms with van der Waals surface area (Å²) < 4.78 is 43.7. The fourth-order valence-electron chi connectivity index (χ4n) is 0.201. The van der Waals surface area contributed by atoms with Gasteiger partial charge in [0.2, 0.25) is 0 Å². The molecule has 0 bridgehead atoms. The van der Waals surface area contributed by atoms with Crippen molar-refractivity contribution in [3.8, 4) is 0 Å². The molecule has 2 N–H and O–H groups in total. The molecule has 0 unspecified atom stereocenters. The van der Waals surface area contributed by atoms with Gasteiger partial charge in [-0.15, -0.1) is 0 Å². The number of sulfonamides is 1. The molecular formula is C3H7F2NO2S. The number of nitrogens with two attached hydrogens (primary N) is 1. The van der Waals surface area contributed by atoms with E-state index in [2.05, 4.69) is 5.14 Å². The van der Waals surface area contributed by atoms with Gasteiger partial charge in [-0.3, -0.25) is 0 Å². The van der Waals surface area contributed by atoms with E-state index < -0.39 is 21.7 Å². The van der Waals surface area contributed by atoms with Crippen LogP contribution in [0, 0.1) is 0 Å². The van der Waals surface area contributed by atoms with Gasteiger partial charge < -0.3 is 0 Å². The molecule has 0 heterocycles. The van der Waals surface area contributed by atoms with Crippen LogP contribution in [0.15, 0.2) is 0 Å². The van der Waals surface area contributed by atoms with E-state index in [-0.39, 0.29) is 0 Å². The van der Waals surface area contributed by atoms with Crippen molar-refractivity contribution in [1.29, 1.82) is 0 Å². The molecule has 6 heteroatoms. The first-order chi connectivity index (χ1) is 3.81. The normalized spacial score (nSPS) is 13.8. The molecule has 0 aromatic carbocycles. The number of primary sulfonamides is 1. The Balaban J connectivity index is 4.56. The number of alkyl halides is 2. The molecule has 0 aliphatic heterocycles. The third-order valence-electron chi connectivity index (χ3n) is 0.828. The molecule has 9 heavy (non-hydrogen) atoms. The Morgan fingerprint density at radius 1 is 1.56 bits per heavy atom. The Morgan fingerprint density at radius 3 is 1.89 bits per heavy atom. The van der Waals surface area contributed by atoms with Crippen molar-refractivity contribution >= 4 is 10.0 Å². The molecular weight excluding hydrogens is 152 g/mol. The first-order valence-corrected chi connectivity index (χ1v) is 3.76. The molecule has 0 aromatic rings. The van der Waals surface area contributed by atoms with Gasteiger partial charge in [-0.2, -0.15) is 8.78 Å². The minimum atomic E-state index is -4.69. The van der Waals surface area contributed by atoms with E-state index in [1.165, 1.54) is 0 Å². The SMILES string of the molecule is CCC(F)(F)S(N)(=O)=O. The van der Waals surface area contributed by atoms with Crippen molar-refractivity contribution in [3.05, 3.63) is 0 Å². The average molecular weight is 159 g/mol. The molecule has 0 rings (SSSR count). The zero-order valence-corrected chi connectivity index (χ0v) is 5.58. The Morgan fingerprint density at radius 2 is 1.89 bits per heavy atom. The van der Waals surface area contributed by atoms with Gasteiger partial charge in [-0.1, -0.05) is 6.92 Å². The van der Waals surface area contributed by atoms with E-state index in [0.29, 0.717) is 0 Å². The summed E-state index contributed by atoms with van der Waals surface area (Å²) in [6.45, 7) is 1.05. The maximum Gasteiger partial charge on any atom is 0.358 e. The molecule has 0 aliphatic carbocycles. The van der Waals surface area contributed by atoms with E-state index in [0.717, 1.165) is 6.92 Å². The van der Waals surface area contributed by atoms with Gasteiger partial charge in [0.25, 0.3) is 10.0 Å². The van der Waals surface area contributed by atoms with Crippen LogP contribution in [-0.4, -0.2) is 13.7 Å². The Hall–Kier alpha value is -0.230. The molecule has 0 atom stereocenters. The smallest absolute Gasteiger partial charge is 0.223 e. The summed E-state index contributed by atoms with van der Waals surface area (Å²) >= 11 is 0. The van der Waals surface area contributed by atoms with Crippen molar-refractivity contribution in [3.63, 3.8) is 0 Å². The highest BCUT2D eigenvalue weighted by Crippen LogP contribution is 2.21. The van der Waals surface area contributed by atoms with Gasteiger partial charge in [-0.25, -0.2) is 13.6 Å². The number of halogens is 2. The highest BCUT2D eigenvalue weighted by atomic mass is 32.2. The summed E-state index contributed by atoms with van der Waals surface area (Å²) in [6.07, 6.45) is -0.786. The number of rotatable bonds is 2. The van der Waals surface area contributed by atoms with Gasteiger partial charge in [0, 0.05) is 6.42 Å². The number of hydrogen-bond acceptors (Lipinski definition) is 2. The summed E-state index contributed by atoms with van der Waals surface area (Å²) in [5.41, 5.74) is 0. The molecule has 0 radical (unpaired) electrons. The van der Waals surface area contributed by atoms with Crippen molar-refractivity contribution in [2.75, 3.05) is 0 Å². The van der Waals surface area contributed by atoms with E-state index in [9.17, 15) is 17.2 Å². The van der Waals surface area contributed by atoms with Crippen LogP contribution in [0.2, 0.25) is 0 Å². The zero-order chi connectivity index (χ0) is 7.71. The fraction of sp³-hybridized carbons (Fsp3) is 1.00. The largest absolute Gasteiger partial charge is 0.358 e. The van der Waals surface area contributed by atoms with Crippen LogP contribution >= 0.6 is 0 Å². The molecule has 0 saturated heterocycles. The summed E-state index contributed by atoms with van der Waals surface area (Å²) in [5, 5.41) is 0.375. The molecule has 0 amide bonds. The van der Waals surface area contributed by atoms with Crippen molar-refractivity contribution in [2.24, 2.45) is 5.14 Å². The van der Waals surface area contributed by atoms with Crippen molar-refractivity contribution < 1.29 is 17.2 Å². The summed E-state index contributed by atoms with van der Waals surface area (Å²) in [6, 6.07) is 0. The highest BCUT2D eigenvalue weighted by Gasteiger charge is 2.39. The lowest BCUT2D eigenvalue weighted by molar-refractivity contribution is 0.0878. The van der Waals surface area contributed by atoms with Gasteiger partial charge in [0.15, 0.2) is 0 Å². The topological polar surface area (TPSA) is 60.2 Å². The van der Waals surface area contributed by atoms with E-state index >= 15 is 0 Å². The molecule has 0 aliphatic rings. The van der Waals surface area contributed by atoms with Gasteiger partial charge in [-0.05, 0) is 0 Å². The van der Waals surface area contributed by atoms with Crippen LogP contribution < -0.4 is 5.14 Å². The maximum absolute atomic E-state index is 11.9. The van der Waals surface area contributed by atoms with Crippen molar-refractivity contribution in [2.45, 2.75) is 18.6 Å². The van der Waals surface area contributed by atoms with Crippen LogP contribution in [0.5, 0.6) is 0 Å². The zero-order valence-electron chi connectivity index (χ0n) is 4.77. The van der Waals surface area contributed by atoms with Crippen LogP contribution in [0.25, 0.3) is 0 Å². The second-order valence-electron chi connectivity index (χ2n) is 1.54. The Kier molecular flexibility index (Phi) is 2.13. The average Bonchev–Trinajstić information content (AvgIpc) is 1.64. The van der Waals surface area contributed by atoms with E-state index in [4.69, 9.17) is 0 Å². The quantitative estimate of drug-likeness (QED) is 0.629. The first kappa shape index (κ1) is 8.77. The minimum absolute atomic E-state index is 0.786. The summed E-state index contributed by atoms with van der Waals surface area (Å²) in [5.74, 6) is 0. The van der Waals surface area contributed by atoms with Crippen LogP contribution in [0.4, 0.5) is 8.78 Å². The van der Waals surface area contributed by atoms with Gasteiger partial charge >= 0.3 is 5.25 Å². The molecule has 0 saturated carbocycles. The van der Waals surface area contributed by atoms with Crippen LogP contribution in [0.3, 0.4) is 0 Å². The standard InChI is InChI=1S/C3H7F2NO2S/c1-2-3(4,5)9(6,7)8/h2H2,1H3,(H2,6,7,8). The maximum atomic E-state index is 11.9. The molecule has 56 valence electrons.